The molecule has 0 spiro atoms. The third-order valence-corrected chi connectivity index (χ3v) is 7.17. The van der Waals surface area contributed by atoms with Crippen LogP contribution >= 0.6 is 0 Å². The topological polar surface area (TPSA) is 60.2 Å². The maximum atomic E-state index is 9.28. The zero-order chi connectivity index (χ0) is 26.9. The van der Waals surface area contributed by atoms with Crippen molar-refractivity contribution in [2.45, 2.75) is 0 Å². The monoisotopic (exact) mass is 517 g/mol. The molecule has 40 heavy (non-hydrogen) atoms. The Bertz CT molecular complexity index is 1910. The summed E-state index contributed by atoms with van der Waals surface area (Å²) in [5, 5.41) is 11.5. The van der Waals surface area contributed by atoms with Crippen LogP contribution in [0.3, 0.4) is 0 Å². The van der Waals surface area contributed by atoms with Crippen LogP contribution in [0.5, 0.6) is 5.75 Å². The van der Waals surface area contributed by atoms with Gasteiger partial charge in [0, 0.05) is 40.0 Å². The minimum atomic E-state index is -0.357. The molecule has 0 aliphatic rings. The van der Waals surface area contributed by atoms with E-state index in [1.54, 1.807) is 0 Å². The van der Waals surface area contributed by atoms with Gasteiger partial charge in [-0.15, -0.1) is 0 Å². The fraction of sp³-hybridized carbons (Fsp3) is 0. The second-order valence-corrected chi connectivity index (χ2v) is 9.58. The highest BCUT2D eigenvalue weighted by atomic mass is 16.5. The van der Waals surface area contributed by atoms with E-state index in [1.165, 1.54) is 0 Å². The normalized spacial score (nSPS) is 11.1. The first kappa shape index (κ1) is 23.9. The van der Waals surface area contributed by atoms with Crippen molar-refractivity contribution in [3.63, 3.8) is 0 Å². The van der Waals surface area contributed by atoms with Crippen molar-refractivity contribution >= 4 is 29.5 Å². The summed E-state index contributed by atoms with van der Waals surface area (Å²) in [6.45, 7) is 0. The van der Waals surface area contributed by atoms with E-state index in [0.29, 0.717) is 5.75 Å². The molecule has 0 aliphatic carbocycles. The molecule has 0 unspecified atom stereocenters. The van der Waals surface area contributed by atoms with Crippen LogP contribution in [0.4, 0.5) is 0 Å². The van der Waals surface area contributed by atoms with Gasteiger partial charge in [0.2, 0.25) is 0 Å². The smallest absolute Gasteiger partial charge is 0.504 e. The van der Waals surface area contributed by atoms with Gasteiger partial charge in [-0.2, -0.15) is 0 Å². The van der Waals surface area contributed by atoms with Crippen molar-refractivity contribution < 1.29 is 9.68 Å². The molecular formula is C34H24BN3O2. The molecule has 0 saturated heterocycles. The Balaban J connectivity index is 1.42. The number of fused-ring (bicyclic) bond motifs is 3. The summed E-state index contributed by atoms with van der Waals surface area (Å²) in [5.41, 5.74) is 9.33. The van der Waals surface area contributed by atoms with E-state index in [9.17, 15) is 5.02 Å². The van der Waals surface area contributed by atoms with E-state index in [1.807, 2.05) is 73.1 Å². The number of para-hydroxylation sites is 1. The summed E-state index contributed by atoms with van der Waals surface area (Å²) in [5.74, 6) is 0.639. The maximum Gasteiger partial charge on any atom is 0.504 e. The predicted octanol–water partition coefficient (Wildman–Crippen LogP) is 7.21. The van der Waals surface area contributed by atoms with Crippen LogP contribution in [0.1, 0.15) is 0 Å². The molecule has 0 aliphatic heterocycles. The first-order valence-electron chi connectivity index (χ1n) is 13.1. The summed E-state index contributed by atoms with van der Waals surface area (Å²) >= 11 is 0. The molecule has 6 heteroatoms. The number of nitrogens with zero attached hydrogens (tertiary/aromatic N) is 3. The first-order chi connectivity index (χ1) is 19.8. The van der Waals surface area contributed by atoms with Gasteiger partial charge in [-0.25, -0.2) is 0 Å². The summed E-state index contributed by atoms with van der Waals surface area (Å²) in [6.07, 6.45) is 3.64. The lowest BCUT2D eigenvalue weighted by Crippen LogP contribution is -1.99. The zero-order valence-electron chi connectivity index (χ0n) is 21.6. The lowest BCUT2D eigenvalue weighted by Gasteiger charge is -2.13. The lowest BCUT2D eigenvalue weighted by molar-refractivity contribution is 0.454. The predicted molar refractivity (Wildman–Crippen MR) is 163 cm³/mol. The van der Waals surface area contributed by atoms with Gasteiger partial charge in [-0.05, 0) is 90.0 Å². The fourth-order valence-electron chi connectivity index (χ4n) is 5.38. The molecule has 0 saturated carbocycles. The Morgan fingerprint density at radius 3 is 1.93 bits per heavy atom. The van der Waals surface area contributed by atoms with Gasteiger partial charge in [0.05, 0.1) is 22.4 Å². The Labute approximate surface area is 232 Å². The Morgan fingerprint density at radius 1 is 0.550 bits per heavy atom. The summed E-state index contributed by atoms with van der Waals surface area (Å²) in [4.78, 5) is 9.23. The number of aromatic nitrogens is 3. The molecule has 7 aromatic rings. The van der Waals surface area contributed by atoms with Crippen molar-refractivity contribution in [1.29, 1.82) is 0 Å². The molecule has 5 nitrogen and oxygen atoms in total. The molecule has 0 atom stereocenters. The number of pyridine rings is 2. The highest BCUT2D eigenvalue weighted by Gasteiger charge is 2.14. The van der Waals surface area contributed by atoms with Crippen LogP contribution in [0.25, 0.3) is 61.1 Å². The maximum absolute atomic E-state index is 9.28. The van der Waals surface area contributed by atoms with Crippen LogP contribution in [0.2, 0.25) is 0 Å². The average Bonchev–Trinajstić information content (AvgIpc) is 3.36. The van der Waals surface area contributed by atoms with Gasteiger partial charge in [0.25, 0.3) is 0 Å². The van der Waals surface area contributed by atoms with E-state index >= 15 is 0 Å². The Hall–Kier alpha value is -5.20. The van der Waals surface area contributed by atoms with E-state index < -0.39 is 0 Å². The average molecular weight is 517 g/mol. The molecule has 3 aromatic heterocycles. The first-order valence-corrected chi connectivity index (χ1v) is 13.1. The number of benzene rings is 4. The van der Waals surface area contributed by atoms with Gasteiger partial charge < -0.3 is 14.2 Å². The number of hydrogen-bond acceptors (Lipinski definition) is 4. The van der Waals surface area contributed by atoms with Crippen LogP contribution in [0.15, 0.2) is 134 Å². The van der Waals surface area contributed by atoms with Gasteiger partial charge in [-0.3, -0.25) is 9.97 Å². The largest absolute Gasteiger partial charge is 0.539 e. The highest BCUT2D eigenvalue weighted by Crippen LogP contribution is 2.36. The SMILES string of the molecule is OBOc1ccc2c(c1)c1ccccc1n2-c1cccc(-c2cc(-c3ccccn3)cc(-c3ccccn3)c2)c1. The van der Waals surface area contributed by atoms with Gasteiger partial charge >= 0.3 is 7.69 Å². The fourth-order valence-corrected chi connectivity index (χ4v) is 5.38. The molecule has 7 rings (SSSR count). The van der Waals surface area contributed by atoms with Crippen LogP contribution < -0.4 is 4.65 Å². The van der Waals surface area contributed by atoms with Crippen molar-refractivity contribution in [2.24, 2.45) is 0 Å². The standard InChI is InChI=1S/C34H24BN3O2/c39-35-40-28-14-15-34-30(22-28)29-10-1-2-13-33(29)38(34)27-9-7-8-23(21-27)24-18-25(31-11-3-5-16-36-31)20-26(19-24)32-12-4-6-17-37-32/h1-22,35,39H. The zero-order valence-corrected chi connectivity index (χ0v) is 21.6. The Kier molecular flexibility index (Phi) is 6.07. The van der Waals surface area contributed by atoms with Crippen molar-refractivity contribution in [1.82, 2.24) is 14.5 Å². The van der Waals surface area contributed by atoms with Crippen molar-refractivity contribution in [2.75, 3.05) is 0 Å². The van der Waals surface area contributed by atoms with E-state index in [-0.39, 0.29) is 7.69 Å². The van der Waals surface area contributed by atoms with Crippen LogP contribution in [-0.2, 0) is 0 Å². The second-order valence-electron chi connectivity index (χ2n) is 9.58. The van der Waals surface area contributed by atoms with Crippen LogP contribution in [0, 0.1) is 0 Å². The summed E-state index contributed by atoms with van der Waals surface area (Å²) in [7, 11) is -0.357. The second kappa shape index (κ2) is 10.2. The molecule has 0 bridgehead atoms. The molecule has 0 fully saturated rings. The Morgan fingerprint density at radius 2 is 1.23 bits per heavy atom. The highest BCUT2D eigenvalue weighted by molar-refractivity contribution is 6.17. The minimum Gasteiger partial charge on any atom is -0.539 e. The molecule has 3 heterocycles. The molecule has 190 valence electrons. The van der Waals surface area contributed by atoms with Crippen LogP contribution in [-0.4, -0.2) is 27.2 Å². The molecular weight excluding hydrogens is 493 g/mol. The van der Waals surface area contributed by atoms with E-state index in [2.05, 4.69) is 75.2 Å². The quantitative estimate of drug-likeness (QED) is 0.237. The third-order valence-electron chi connectivity index (χ3n) is 7.17. The summed E-state index contributed by atoms with van der Waals surface area (Å²) in [6, 6.07) is 41.4. The number of rotatable bonds is 6. The number of hydrogen-bond donors (Lipinski definition) is 1. The van der Waals surface area contributed by atoms with Gasteiger partial charge in [0.1, 0.15) is 5.75 Å². The summed E-state index contributed by atoms with van der Waals surface area (Å²) < 4.78 is 7.66. The lowest BCUT2D eigenvalue weighted by atomic mass is 9.96. The van der Waals surface area contributed by atoms with Gasteiger partial charge in [-0.1, -0.05) is 42.5 Å². The third kappa shape index (κ3) is 4.30. The van der Waals surface area contributed by atoms with Crippen molar-refractivity contribution in [3.05, 3.63) is 134 Å². The molecule has 0 radical (unpaired) electrons. The molecule has 0 amide bonds. The molecule has 4 aromatic carbocycles. The van der Waals surface area contributed by atoms with Crippen molar-refractivity contribution in [3.8, 4) is 45.1 Å². The molecule has 1 N–H and O–H groups in total. The van der Waals surface area contributed by atoms with Gasteiger partial charge in [0.15, 0.2) is 0 Å². The van der Waals surface area contributed by atoms with E-state index in [4.69, 9.17) is 4.65 Å². The van der Waals surface area contributed by atoms with E-state index in [0.717, 1.165) is 61.1 Å². The minimum absolute atomic E-state index is 0.357.